The number of benzene rings is 2. The first-order chi connectivity index (χ1) is 21.5. The van der Waals surface area contributed by atoms with Crippen LogP contribution in [0.1, 0.15) is 81.3 Å². The van der Waals surface area contributed by atoms with Crippen molar-refractivity contribution in [2.45, 2.75) is 82.7 Å². The molecule has 1 amide bonds. The smallest absolute Gasteiger partial charge is 0.273 e. The summed E-state index contributed by atoms with van der Waals surface area (Å²) in [6.45, 7) is 3.98. The zero-order valence-electron chi connectivity index (χ0n) is 26.8. The highest BCUT2D eigenvalue weighted by Crippen LogP contribution is 2.41. The fourth-order valence-electron chi connectivity index (χ4n) is 6.97. The molecule has 3 aromatic rings. The van der Waals surface area contributed by atoms with Gasteiger partial charge in [0.15, 0.2) is 0 Å². The Morgan fingerprint density at radius 2 is 1.77 bits per heavy atom. The molecule has 2 aromatic carbocycles. The summed E-state index contributed by atoms with van der Waals surface area (Å²) in [6, 6.07) is 14.9. The molecule has 2 fully saturated rings. The molecule has 2 aliphatic carbocycles. The molecule has 1 aromatic heterocycles. The SMILES string of the molecule is COCCCOC1(C(=O)N(CC2CCC(c3ccc(OC)c(C)c3)CC2)c2cccc(-c3cnc(OC)s3)c2)CCCCC1. The number of methoxy groups -OCH3 is 3. The lowest BCUT2D eigenvalue weighted by molar-refractivity contribution is -0.150. The zero-order valence-corrected chi connectivity index (χ0v) is 27.6. The maximum atomic E-state index is 14.8. The Bertz CT molecular complexity index is 1360. The van der Waals surface area contributed by atoms with Crippen molar-refractivity contribution in [3.63, 3.8) is 0 Å². The van der Waals surface area contributed by atoms with Gasteiger partial charge < -0.3 is 23.8 Å². The third-order valence-corrected chi connectivity index (χ3v) is 10.5. The van der Waals surface area contributed by atoms with E-state index in [-0.39, 0.29) is 5.91 Å². The van der Waals surface area contributed by atoms with E-state index < -0.39 is 5.60 Å². The van der Waals surface area contributed by atoms with E-state index in [4.69, 9.17) is 18.9 Å². The third kappa shape index (κ3) is 7.64. The van der Waals surface area contributed by atoms with Gasteiger partial charge in [0.25, 0.3) is 11.1 Å². The largest absolute Gasteiger partial charge is 0.496 e. The summed E-state index contributed by atoms with van der Waals surface area (Å²) < 4.78 is 22.7. The first-order valence-electron chi connectivity index (χ1n) is 16.2. The molecule has 0 radical (unpaired) electrons. The van der Waals surface area contributed by atoms with E-state index in [0.717, 1.165) is 86.1 Å². The van der Waals surface area contributed by atoms with Crippen LogP contribution in [0.4, 0.5) is 5.69 Å². The topological polar surface area (TPSA) is 70.1 Å². The molecule has 0 N–H and O–H groups in total. The van der Waals surface area contributed by atoms with E-state index in [1.807, 2.05) is 12.3 Å². The van der Waals surface area contributed by atoms with Gasteiger partial charge in [0.05, 0.1) is 25.7 Å². The number of nitrogens with zero attached hydrogens (tertiary/aromatic N) is 2. The molecule has 7 nitrogen and oxygen atoms in total. The maximum absolute atomic E-state index is 14.8. The summed E-state index contributed by atoms with van der Waals surface area (Å²) in [4.78, 5) is 22.2. The van der Waals surface area contributed by atoms with Crippen LogP contribution < -0.4 is 14.4 Å². The number of aryl methyl sites for hydroxylation is 1. The summed E-state index contributed by atoms with van der Waals surface area (Å²) in [5, 5.41) is 0.632. The van der Waals surface area contributed by atoms with Crippen LogP contribution in [-0.4, -0.2) is 57.6 Å². The minimum atomic E-state index is -0.784. The fraction of sp³-hybridized carbons (Fsp3) is 0.556. The number of hydrogen-bond donors (Lipinski definition) is 0. The van der Waals surface area contributed by atoms with Gasteiger partial charge in [-0.3, -0.25) is 4.79 Å². The first-order valence-corrected chi connectivity index (χ1v) is 17.0. The van der Waals surface area contributed by atoms with Gasteiger partial charge in [0.1, 0.15) is 11.4 Å². The van der Waals surface area contributed by atoms with Crippen LogP contribution in [0.2, 0.25) is 0 Å². The van der Waals surface area contributed by atoms with Gasteiger partial charge in [-0.15, -0.1) is 0 Å². The van der Waals surface area contributed by atoms with Crippen molar-refractivity contribution in [1.29, 1.82) is 0 Å². The van der Waals surface area contributed by atoms with Crippen LogP contribution in [0.15, 0.2) is 48.7 Å². The number of thiazole rings is 1. The Morgan fingerprint density at radius 1 is 0.977 bits per heavy atom. The lowest BCUT2D eigenvalue weighted by Crippen LogP contribution is -2.53. The number of carbonyl (C=O) groups excluding carboxylic acids is 1. The van der Waals surface area contributed by atoms with E-state index in [1.54, 1.807) is 21.3 Å². The summed E-state index contributed by atoms with van der Waals surface area (Å²) in [7, 11) is 5.08. The molecule has 0 spiro atoms. The first kappa shape index (κ1) is 32.5. The molecule has 1 heterocycles. The fourth-order valence-corrected chi connectivity index (χ4v) is 7.70. The van der Waals surface area contributed by atoms with Crippen LogP contribution in [0.25, 0.3) is 10.4 Å². The second kappa shape index (κ2) is 15.4. The van der Waals surface area contributed by atoms with Gasteiger partial charge in [-0.2, -0.15) is 0 Å². The molecule has 0 saturated heterocycles. The molecule has 44 heavy (non-hydrogen) atoms. The summed E-state index contributed by atoms with van der Waals surface area (Å²) in [5.74, 6) is 2.02. The van der Waals surface area contributed by atoms with E-state index in [0.29, 0.717) is 36.8 Å². The van der Waals surface area contributed by atoms with Gasteiger partial charge >= 0.3 is 0 Å². The molecule has 8 heteroatoms. The molecule has 2 aliphatic rings. The summed E-state index contributed by atoms with van der Waals surface area (Å²) in [6.07, 6.45) is 11.8. The van der Waals surface area contributed by atoms with Gasteiger partial charge in [0.2, 0.25) is 0 Å². The third-order valence-electron chi connectivity index (χ3n) is 9.45. The second-order valence-electron chi connectivity index (χ2n) is 12.4. The summed E-state index contributed by atoms with van der Waals surface area (Å²) in [5.41, 5.74) is 3.77. The summed E-state index contributed by atoms with van der Waals surface area (Å²) >= 11 is 1.51. The van der Waals surface area contributed by atoms with Crippen molar-refractivity contribution >= 4 is 22.9 Å². The zero-order chi connectivity index (χ0) is 30.9. The molecule has 0 aliphatic heterocycles. The number of ether oxygens (including phenoxy) is 4. The number of rotatable bonds is 13. The van der Waals surface area contributed by atoms with Crippen molar-refractivity contribution < 1.29 is 23.7 Å². The van der Waals surface area contributed by atoms with E-state index in [9.17, 15) is 4.79 Å². The van der Waals surface area contributed by atoms with E-state index in [2.05, 4.69) is 53.2 Å². The van der Waals surface area contributed by atoms with Crippen LogP contribution in [0.5, 0.6) is 10.9 Å². The molecule has 0 unspecified atom stereocenters. The van der Waals surface area contributed by atoms with Crippen LogP contribution in [0, 0.1) is 12.8 Å². The van der Waals surface area contributed by atoms with E-state index in [1.165, 1.54) is 22.5 Å². The Hall–Kier alpha value is -2.94. The minimum absolute atomic E-state index is 0.113. The average molecular weight is 621 g/mol. The van der Waals surface area contributed by atoms with Gasteiger partial charge in [-0.1, -0.05) is 54.9 Å². The molecule has 238 valence electrons. The predicted molar refractivity (Wildman–Crippen MR) is 177 cm³/mol. The minimum Gasteiger partial charge on any atom is -0.496 e. The second-order valence-corrected chi connectivity index (χ2v) is 13.4. The van der Waals surface area contributed by atoms with Crippen LogP contribution in [-0.2, 0) is 14.3 Å². The monoisotopic (exact) mass is 620 g/mol. The highest BCUT2D eigenvalue weighted by atomic mass is 32.1. The number of hydrogen-bond acceptors (Lipinski definition) is 7. The lowest BCUT2D eigenvalue weighted by atomic mass is 9.77. The molecule has 0 bridgehead atoms. The Kier molecular flexibility index (Phi) is 11.3. The highest BCUT2D eigenvalue weighted by Gasteiger charge is 2.44. The van der Waals surface area contributed by atoms with Crippen LogP contribution in [0.3, 0.4) is 0 Å². The number of anilines is 1. The van der Waals surface area contributed by atoms with Crippen molar-refractivity contribution in [1.82, 2.24) is 4.98 Å². The number of amides is 1. The van der Waals surface area contributed by atoms with Crippen molar-refractivity contribution in [2.75, 3.05) is 46.0 Å². The molecule has 5 rings (SSSR count). The van der Waals surface area contributed by atoms with Gasteiger partial charge in [0, 0.05) is 32.1 Å². The molecular weight excluding hydrogens is 572 g/mol. The predicted octanol–water partition coefficient (Wildman–Crippen LogP) is 8.20. The normalized spacial score (nSPS) is 19.8. The van der Waals surface area contributed by atoms with Gasteiger partial charge in [-0.05, 0) is 98.6 Å². The molecular formula is C36H48N2O5S. The Morgan fingerprint density at radius 3 is 2.45 bits per heavy atom. The number of carbonyl (C=O) groups is 1. The van der Waals surface area contributed by atoms with Crippen LogP contribution >= 0.6 is 11.3 Å². The maximum Gasteiger partial charge on any atom is 0.273 e. The van der Waals surface area contributed by atoms with E-state index >= 15 is 0 Å². The number of aromatic nitrogens is 1. The Labute approximate surface area is 266 Å². The highest BCUT2D eigenvalue weighted by molar-refractivity contribution is 7.16. The standard InChI is InChI=1S/C36H48N2O5S/c1-26-22-29(16-17-32(26)41-3)28-14-12-27(13-15-28)25-38(31-11-8-10-30(23-31)33-24-37-35(42-4)44-33)34(39)36(18-6-5-7-19-36)43-21-9-20-40-2/h8,10-11,16-17,22-24,27-28H,5-7,9,12-15,18-21,25H2,1-4H3. The van der Waals surface area contributed by atoms with Crippen molar-refractivity contribution in [3.05, 3.63) is 59.8 Å². The van der Waals surface area contributed by atoms with Crippen molar-refractivity contribution in [2.24, 2.45) is 5.92 Å². The van der Waals surface area contributed by atoms with Crippen molar-refractivity contribution in [3.8, 4) is 21.4 Å². The quantitative estimate of drug-likeness (QED) is 0.180. The molecule has 0 atom stereocenters. The molecule has 2 saturated carbocycles. The lowest BCUT2D eigenvalue weighted by Gasteiger charge is -2.41. The van der Waals surface area contributed by atoms with Gasteiger partial charge in [-0.25, -0.2) is 4.98 Å². The average Bonchev–Trinajstić information content (AvgIpc) is 3.56. The Balaban J connectivity index is 1.39.